The molecule has 1 aliphatic heterocycles. The topological polar surface area (TPSA) is 116 Å². The molecule has 0 aliphatic carbocycles. The van der Waals surface area contributed by atoms with Crippen LogP contribution in [0.3, 0.4) is 0 Å². The Hall–Kier alpha value is -2.59. The summed E-state index contributed by atoms with van der Waals surface area (Å²) in [6.07, 6.45) is 0.792. The normalized spacial score (nSPS) is 13.5. The van der Waals surface area contributed by atoms with Gasteiger partial charge in [-0.1, -0.05) is 29.3 Å². The number of nitrogens with one attached hydrogen (secondary N) is 4. The van der Waals surface area contributed by atoms with Gasteiger partial charge in [-0.3, -0.25) is 14.6 Å². The molecule has 8 nitrogen and oxygen atoms in total. The number of amides is 1. The number of sulfonamides is 1. The number of hydrogen-bond donors (Lipinski definition) is 4. The van der Waals surface area contributed by atoms with E-state index >= 15 is 0 Å². The fourth-order valence-corrected chi connectivity index (χ4v) is 5.38. The highest BCUT2D eigenvalue weighted by molar-refractivity contribution is 7.93. The predicted octanol–water partition coefficient (Wildman–Crippen LogP) is 3.42. The number of carbonyl (C=O) groups is 1. The van der Waals surface area contributed by atoms with Crippen LogP contribution in [0.5, 0.6) is 0 Å². The Labute approximate surface area is 183 Å². The third-order valence-corrected chi connectivity index (χ3v) is 6.94. The molecule has 4 rings (SSSR count). The van der Waals surface area contributed by atoms with Gasteiger partial charge in [0.2, 0.25) is 0 Å². The van der Waals surface area contributed by atoms with Crippen LogP contribution in [0, 0.1) is 0 Å². The summed E-state index contributed by atoms with van der Waals surface area (Å²) < 4.78 is 27.7. The van der Waals surface area contributed by atoms with Crippen molar-refractivity contribution < 1.29 is 13.2 Å². The first-order valence-corrected chi connectivity index (χ1v) is 11.2. The van der Waals surface area contributed by atoms with Gasteiger partial charge in [0, 0.05) is 42.1 Å². The van der Waals surface area contributed by atoms with Crippen LogP contribution in [0.25, 0.3) is 0 Å². The Balaban J connectivity index is 1.48. The van der Waals surface area contributed by atoms with E-state index in [4.69, 9.17) is 23.2 Å². The van der Waals surface area contributed by atoms with Gasteiger partial charge in [0.05, 0.1) is 10.0 Å². The molecular weight excluding hydrogens is 449 g/mol. The van der Waals surface area contributed by atoms with Crippen molar-refractivity contribution in [2.24, 2.45) is 0 Å². The summed E-state index contributed by atoms with van der Waals surface area (Å²) >= 11 is 12.0. The van der Waals surface area contributed by atoms with Gasteiger partial charge in [0.15, 0.2) is 5.69 Å². The van der Waals surface area contributed by atoms with Crippen molar-refractivity contribution in [3.63, 3.8) is 0 Å². The zero-order chi connectivity index (χ0) is 21.3. The van der Waals surface area contributed by atoms with Crippen molar-refractivity contribution >= 4 is 50.5 Å². The highest BCUT2D eigenvalue weighted by atomic mass is 35.5. The van der Waals surface area contributed by atoms with E-state index in [1.54, 1.807) is 18.2 Å². The van der Waals surface area contributed by atoms with Crippen LogP contribution in [-0.4, -0.2) is 31.1 Å². The van der Waals surface area contributed by atoms with Gasteiger partial charge < -0.3 is 10.6 Å². The summed E-state index contributed by atoms with van der Waals surface area (Å²) in [6.45, 7) is 1.42. The Kier molecular flexibility index (Phi) is 5.70. The lowest BCUT2D eigenvalue weighted by Crippen LogP contribution is -2.25. The number of fused-ring (bicyclic) bond motifs is 1. The van der Waals surface area contributed by atoms with E-state index in [0.29, 0.717) is 23.6 Å². The van der Waals surface area contributed by atoms with Crippen LogP contribution in [0.15, 0.2) is 47.4 Å². The molecule has 1 amide bonds. The monoisotopic (exact) mass is 465 g/mol. The molecule has 0 saturated carbocycles. The maximum absolute atomic E-state index is 12.6. The van der Waals surface area contributed by atoms with Crippen LogP contribution in [0.4, 0.5) is 11.4 Å². The molecule has 4 N–H and O–H groups in total. The molecule has 2 aromatic carbocycles. The lowest BCUT2D eigenvalue weighted by Gasteiger charge is -2.13. The summed E-state index contributed by atoms with van der Waals surface area (Å²) in [5, 5.41) is 13.0. The zero-order valence-electron chi connectivity index (χ0n) is 15.5. The van der Waals surface area contributed by atoms with Gasteiger partial charge in [0.25, 0.3) is 15.9 Å². The largest absolute Gasteiger partial charge is 0.321 e. The van der Waals surface area contributed by atoms with E-state index in [9.17, 15) is 13.2 Å². The van der Waals surface area contributed by atoms with E-state index in [2.05, 4.69) is 25.6 Å². The Morgan fingerprint density at radius 1 is 1.03 bits per heavy atom. The minimum absolute atomic E-state index is 0.0238. The van der Waals surface area contributed by atoms with E-state index in [0.717, 1.165) is 24.2 Å². The van der Waals surface area contributed by atoms with Crippen LogP contribution in [0.1, 0.15) is 21.7 Å². The quantitative estimate of drug-likeness (QED) is 0.460. The van der Waals surface area contributed by atoms with Crippen molar-refractivity contribution in [2.45, 2.75) is 17.9 Å². The van der Waals surface area contributed by atoms with Gasteiger partial charge in [-0.2, -0.15) is 5.10 Å². The molecule has 0 spiro atoms. The smallest absolute Gasteiger partial charge is 0.276 e. The molecule has 2 heterocycles. The molecule has 30 heavy (non-hydrogen) atoms. The number of rotatable bonds is 5. The molecule has 3 aromatic rings. The fourth-order valence-electron chi connectivity index (χ4n) is 3.17. The Bertz CT molecular complexity index is 1190. The Morgan fingerprint density at radius 3 is 2.40 bits per heavy atom. The Morgan fingerprint density at radius 2 is 1.70 bits per heavy atom. The number of nitrogens with zero attached hydrogens (tertiary/aromatic N) is 1. The van der Waals surface area contributed by atoms with Gasteiger partial charge >= 0.3 is 0 Å². The maximum Gasteiger partial charge on any atom is 0.276 e. The number of carbonyl (C=O) groups excluding carboxylic acids is 1. The highest BCUT2D eigenvalue weighted by Crippen LogP contribution is 2.30. The number of H-pyrrole nitrogens is 1. The lowest BCUT2D eigenvalue weighted by atomic mass is 10.1. The number of hydrogen-bond acceptors (Lipinski definition) is 5. The highest BCUT2D eigenvalue weighted by Gasteiger charge is 2.23. The van der Waals surface area contributed by atoms with Crippen molar-refractivity contribution in [2.75, 3.05) is 16.6 Å². The average molecular weight is 466 g/mol. The van der Waals surface area contributed by atoms with E-state index < -0.39 is 10.0 Å². The van der Waals surface area contributed by atoms with E-state index in [1.165, 1.54) is 24.3 Å². The van der Waals surface area contributed by atoms with Crippen LogP contribution in [-0.2, 0) is 23.0 Å². The zero-order valence-corrected chi connectivity index (χ0v) is 17.8. The van der Waals surface area contributed by atoms with E-state index in [-0.39, 0.29) is 20.8 Å². The minimum atomic E-state index is -3.98. The molecule has 156 valence electrons. The number of aromatic nitrogens is 2. The van der Waals surface area contributed by atoms with E-state index in [1.807, 2.05) is 0 Å². The first-order chi connectivity index (χ1) is 14.3. The SMILES string of the molecule is O=C(Nc1ccc(NS(=O)(=O)c2c(Cl)cccc2Cl)cc1)c1n[nH]c2c1CNCC2. The molecule has 1 aromatic heterocycles. The fraction of sp³-hybridized carbons (Fsp3) is 0.158. The van der Waals surface area contributed by atoms with Crippen molar-refractivity contribution in [3.05, 3.63) is 69.5 Å². The predicted molar refractivity (Wildman–Crippen MR) is 116 cm³/mol. The van der Waals surface area contributed by atoms with Crippen molar-refractivity contribution in [1.82, 2.24) is 15.5 Å². The summed E-state index contributed by atoms with van der Waals surface area (Å²) in [5.41, 5.74) is 2.96. The lowest BCUT2D eigenvalue weighted by molar-refractivity contribution is 0.102. The first-order valence-electron chi connectivity index (χ1n) is 9.00. The molecule has 0 unspecified atom stereocenters. The molecule has 0 saturated heterocycles. The molecule has 1 aliphatic rings. The number of benzene rings is 2. The first kappa shape index (κ1) is 20.7. The molecule has 0 fully saturated rings. The van der Waals surface area contributed by atoms with Gasteiger partial charge in [0.1, 0.15) is 4.90 Å². The molecule has 0 bridgehead atoms. The van der Waals surface area contributed by atoms with Gasteiger partial charge in [-0.25, -0.2) is 8.42 Å². The van der Waals surface area contributed by atoms with Crippen molar-refractivity contribution in [1.29, 1.82) is 0 Å². The molecule has 11 heteroatoms. The number of anilines is 2. The minimum Gasteiger partial charge on any atom is -0.321 e. The second-order valence-corrected chi connectivity index (χ2v) is 9.08. The number of aromatic amines is 1. The number of halogens is 2. The summed E-state index contributed by atoms with van der Waals surface area (Å²) in [4.78, 5) is 12.4. The van der Waals surface area contributed by atoms with Gasteiger partial charge in [-0.05, 0) is 36.4 Å². The van der Waals surface area contributed by atoms with Crippen LogP contribution in [0.2, 0.25) is 10.0 Å². The molecular formula is C19H17Cl2N5O3S. The second kappa shape index (κ2) is 8.27. The summed E-state index contributed by atoms with van der Waals surface area (Å²) in [6, 6.07) is 10.7. The third-order valence-electron chi connectivity index (χ3n) is 4.60. The van der Waals surface area contributed by atoms with Gasteiger partial charge in [-0.15, -0.1) is 0 Å². The second-order valence-electron chi connectivity index (χ2n) is 6.64. The summed E-state index contributed by atoms with van der Waals surface area (Å²) in [5.74, 6) is -0.340. The van der Waals surface area contributed by atoms with Crippen LogP contribution < -0.4 is 15.4 Å². The third kappa shape index (κ3) is 4.15. The average Bonchev–Trinajstić information content (AvgIpc) is 3.13. The summed E-state index contributed by atoms with van der Waals surface area (Å²) in [7, 11) is -3.98. The standard InChI is InChI=1S/C19H17Cl2N5O3S/c20-14-2-1-3-15(21)18(14)30(28,29)26-12-6-4-11(5-7-12)23-19(27)17-13-10-22-9-8-16(13)24-25-17/h1-7,22,26H,8-10H2,(H,23,27)(H,24,25). The molecule has 0 radical (unpaired) electrons. The maximum atomic E-state index is 12.6. The van der Waals surface area contributed by atoms with Crippen LogP contribution >= 0.6 is 23.2 Å². The molecule has 0 atom stereocenters. The van der Waals surface area contributed by atoms with Crippen molar-refractivity contribution in [3.8, 4) is 0 Å².